The van der Waals surface area contributed by atoms with Crippen molar-refractivity contribution in [1.29, 1.82) is 0 Å². The number of hydrogen-bond acceptors (Lipinski definition) is 3. The monoisotopic (exact) mass is 404 g/mol. The number of carbonyl (C=O) groups is 1. The van der Waals surface area contributed by atoms with Crippen molar-refractivity contribution in [1.82, 2.24) is 9.72 Å². The Labute approximate surface area is 176 Å². The number of aromatic carboxylic acids is 1. The lowest BCUT2D eigenvalue weighted by Crippen LogP contribution is -2.35. The van der Waals surface area contributed by atoms with Gasteiger partial charge < -0.3 is 10.4 Å². The molecule has 0 unspecified atom stereocenters. The molecule has 4 rings (SSSR count). The number of nitrogens with one attached hydrogen (secondary N) is 1. The molecular formula is C25H28N2O3. The smallest absolute Gasteiger partial charge is 0.342 e. The van der Waals surface area contributed by atoms with E-state index in [4.69, 9.17) is 0 Å². The number of carboxylic acid groups (broad SMARTS) is 1. The van der Waals surface area contributed by atoms with Gasteiger partial charge in [-0.15, -0.1) is 0 Å². The van der Waals surface area contributed by atoms with Crippen LogP contribution in [-0.2, 0) is 6.54 Å². The topological polar surface area (TPSA) is 70.8 Å². The van der Waals surface area contributed by atoms with Crippen molar-refractivity contribution in [2.24, 2.45) is 0 Å². The molecule has 156 valence electrons. The minimum Gasteiger partial charge on any atom is -0.477 e. The molecule has 3 aromatic rings. The first kappa shape index (κ1) is 20.4. The van der Waals surface area contributed by atoms with E-state index in [-0.39, 0.29) is 17.0 Å². The van der Waals surface area contributed by atoms with E-state index in [1.54, 1.807) is 12.3 Å². The van der Waals surface area contributed by atoms with Crippen LogP contribution in [0.4, 0.5) is 0 Å². The van der Waals surface area contributed by atoms with Crippen LogP contribution in [0.1, 0.15) is 66.6 Å². The lowest BCUT2D eigenvalue weighted by Gasteiger charge is -2.21. The predicted molar refractivity (Wildman–Crippen MR) is 119 cm³/mol. The Kier molecular flexibility index (Phi) is 5.02. The molecule has 1 aliphatic rings. The van der Waals surface area contributed by atoms with Gasteiger partial charge in [0.1, 0.15) is 5.56 Å². The molecule has 1 saturated carbocycles. The number of nitrogens with zero attached hydrogens (tertiary/aromatic N) is 1. The first-order valence-corrected chi connectivity index (χ1v) is 10.4. The summed E-state index contributed by atoms with van der Waals surface area (Å²) in [4.78, 5) is 25.5. The van der Waals surface area contributed by atoms with Crippen molar-refractivity contribution in [2.45, 2.75) is 58.5 Å². The summed E-state index contributed by atoms with van der Waals surface area (Å²) in [6.07, 6.45) is 3.70. The molecular weight excluding hydrogens is 376 g/mol. The maximum absolute atomic E-state index is 13.2. The van der Waals surface area contributed by atoms with Crippen LogP contribution in [0, 0.1) is 6.92 Å². The molecule has 30 heavy (non-hydrogen) atoms. The fourth-order valence-corrected chi connectivity index (χ4v) is 4.08. The van der Waals surface area contributed by atoms with Crippen molar-refractivity contribution in [3.05, 3.63) is 75.2 Å². The van der Waals surface area contributed by atoms with Crippen LogP contribution in [0.15, 0.2) is 47.4 Å². The molecule has 0 amide bonds. The Morgan fingerprint density at radius 2 is 1.93 bits per heavy atom. The third-order valence-electron chi connectivity index (χ3n) is 5.64. The predicted octanol–water partition coefficient (Wildman–Crippen LogP) is 4.74. The van der Waals surface area contributed by atoms with Gasteiger partial charge in [-0.3, -0.25) is 9.20 Å². The number of aromatic nitrogens is 1. The highest BCUT2D eigenvalue weighted by Crippen LogP contribution is 2.47. The van der Waals surface area contributed by atoms with E-state index >= 15 is 0 Å². The second kappa shape index (κ2) is 7.40. The van der Waals surface area contributed by atoms with Gasteiger partial charge in [0.05, 0.1) is 5.52 Å². The average molecular weight is 405 g/mol. The van der Waals surface area contributed by atoms with E-state index in [1.165, 1.54) is 4.40 Å². The quantitative estimate of drug-likeness (QED) is 0.644. The van der Waals surface area contributed by atoms with Crippen LogP contribution in [-0.4, -0.2) is 21.0 Å². The SMILES string of the molecule is Cc1cccn2c(=O)c(C(=O)O)c(-c3cccc(CNC(C)(C)C)c3)c(C3CC3)c12. The molecule has 0 spiro atoms. The lowest BCUT2D eigenvalue weighted by atomic mass is 9.90. The molecule has 0 aliphatic heterocycles. The maximum Gasteiger partial charge on any atom is 0.342 e. The first-order valence-electron chi connectivity index (χ1n) is 10.4. The summed E-state index contributed by atoms with van der Waals surface area (Å²) in [7, 11) is 0. The third kappa shape index (κ3) is 3.77. The molecule has 5 heteroatoms. The fourth-order valence-electron chi connectivity index (χ4n) is 4.08. The summed E-state index contributed by atoms with van der Waals surface area (Å²) in [5.74, 6) is -0.891. The number of pyridine rings is 2. The Morgan fingerprint density at radius 1 is 1.20 bits per heavy atom. The Hall–Kier alpha value is -2.92. The van der Waals surface area contributed by atoms with Gasteiger partial charge in [-0.05, 0) is 80.8 Å². The number of rotatable bonds is 5. The molecule has 0 atom stereocenters. The normalized spacial score (nSPS) is 14.3. The van der Waals surface area contributed by atoms with E-state index in [1.807, 2.05) is 37.3 Å². The zero-order valence-electron chi connectivity index (χ0n) is 18.0. The van der Waals surface area contributed by atoms with Gasteiger partial charge in [0.15, 0.2) is 0 Å². The zero-order valence-corrected chi connectivity index (χ0v) is 18.0. The third-order valence-corrected chi connectivity index (χ3v) is 5.64. The number of carboxylic acids is 1. The van der Waals surface area contributed by atoms with Crippen LogP contribution in [0.5, 0.6) is 0 Å². The molecule has 2 N–H and O–H groups in total. The zero-order chi connectivity index (χ0) is 21.6. The van der Waals surface area contributed by atoms with E-state index < -0.39 is 11.5 Å². The van der Waals surface area contributed by atoms with Crippen LogP contribution >= 0.6 is 0 Å². The highest BCUT2D eigenvalue weighted by Gasteiger charge is 2.34. The largest absolute Gasteiger partial charge is 0.477 e. The highest BCUT2D eigenvalue weighted by molar-refractivity contribution is 5.99. The van der Waals surface area contributed by atoms with Crippen molar-refractivity contribution in [2.75, 3.05) is 0 Å². The van der Waals surface area contributed by atoms with E-state index in [2.05, 4.69) is 26.1 Å². The second-order valence-corrected chi connectivity index (χ2v) is 9.26. The molecule has 1 aliphatic carbocycles. The van der Waals surface area contributed by atoms with E-state index in [0.717, 1.165) is 40.6 Å². The molecule has 1 aromatic carbocycles. The Balaban J connectivity index is 2.00. The minimum absolute atomic E-state index is 0.0275. The number of hydrogen-bond donors (Lipinski definition) is 2. The van der Waals surface area contributed by atoms with Crippen molar-refractivity contribution in [3.63, 3.8) is 0 Å². The lowest BCUT2D eigenvalue weighted by molar-refractivity contribution is 0.0695. The minimum atomic E-state index is -1.17. The number of benzene rings is 1. The van der Waals surface area contributed by atoms with Crippen LogP contribution in [0.3, 0.4) is 0 Å². The van der Waals surface area contributed by atoms with Gasteiger partial charge in [0, 0.05) is 23.8 Å². The van der Waals surface area contributed by atoms with E-state index in [0.29, 0.717) is 12.1 Å². The van der Waals surface area contributed by atoms with Gasteiger partial charge in [-0.25, -0.2) is 4.79 Å². The average Bonchev–Trinajstić information content (AvgIpc) is 3.51. The van der Waals surface area contributed by atoms with Crippen molar-refractivity contribution in [3.8, 4) is 11.1 Å². The molecule has 2 heterocycles. The van der Waals surface area contributed by atoms with E-state index in [9.17, 15) is 14.7 Å². The van der Waals surface area contributed by atoms with Crippen LogP contribution in [0.2, 0.25) is 0 Å². The number of aryl methyl sites for hydroxylation is 1. The highest BCUT2D eigenvalue weighted by atomic mass is 16.4. The summed E-state index contributed by atoms with van der Waals surface area (Å²) in [5, 5.41) is 13.5. The standard InChI is InChI=1S/C25H28N2O3/c1-15-7-6-12-27-22(15)20(17-10-11-17)19(21(23(27)28)24(29)30)18-9-5-8-16(13-18)14-26-25(2,3)4/h5-9,12-13,17,26H,10-11,14H2,1-4H3,(H,29,30). The van der Waals surface area contributed by atoms with Gasteiger partial charge in [0.2, 0.25) is 0 Å². The van der Waals surface area contributed by atoms with Crippen molar-refractivity contribution >= 4 is 11.5 Å². The van der Waals surface area contributed by atoms with Gasteiger partial charge >= 0.3 is 5.97 Å². The molecule has 0 radical (unpaired) electrons. The van der Waals surface area contributed by atoms with Gasteiger partial charge in [-0.1, -0.05) is 24.3 Å². The maximum atomic E-state index is 13.2. The van der Waals surface area contributed by atoms with Crippen LogP contribution in [0.25, 0.3) is 16.6 Å². The van der Waals surface area contributed by atoms with Crippen LogP contribution < -0.4 is 10.9 Å². The first-order chi connectivity index (χ1) is 14.2. The molecule has 1 fully saturated rings. The Morgan fingerprint density at radius 3 is 2.57 bits per heavy atom. The van der Waals surface area contributed by atoms with Crippen molar-refractivity contribution < 1.29 is 9.90 Å². The fraction of sp³-hybridized carbons (Fsp3) is 0.360. The summed E-state index contributed by atoms with van der Waals surface area (Å²) in [5.41, 5.74) is 4.63. The summed E-state index contributed by atoms with van der Waals surface area (Å²) >= 11 is 0. The van der Waals surface area contributed by atoms with Gasteiger partial charge in [-0.2, -0.15) is 0 Å². The molecule has 2 aromatic heterocycles. The van der Waals surface area contributed by atoms with Gasteiger partial charge in [0.25, 0.3) is 5.56 Å². The Bertz CT molecular complexity index is 1200. The number of fused-ring (bicyclic) bond motifs is 1. The second-order valence-electron chi connectivity index (χ2n) is 9.26. The molecule has 0 saturated heterocycles. The molecule has 5 nitrogen and oxygen atoms in total. The summed E-state index contributed by atoms with van der Waals surface area (Å²) < 4.78 is 1.51. The summed E-state index contributed by atoms with van der Waals surface area (Å²) in [6, 6.07) is 11.7. The molecule has 0 bridgehead atoms. The summed E-state index contributed by atoms with van der Waals surface area (Å²) in [6.45, 7) is 8.98.